The zero-order chi connectivity index (χ0) is 22.1. The smallest absolute Gasteiger partial charge is 0.279 e. The van der Waals surface area contributed by atoms with Crippen molar-refractivity contribution in [3.05, 3.63) is 75.3 Å². The summed E-state index contributed by atoms with van der Waals surface area (Å²) in [7, 11) is 3.20. The summed E-state index contributed by atoms with van der Waals surface area (Å²) in [5.74, 6) is 0.194. The number of phenols is 1. The van der Waals surface area contributed by atoms with Crippen molar-refractivity contribution in [3.63, 3.8) is 0 Å². The van der Waals surface area contributed by atoms with Crippen LogP contribution < -0.4 is 15.6 Å². The average molecular weight is 441 g/mol. The van der Waals surface area contributed by atoms with Gasteiger partial charge in [-0.25, -0.2) is 4.39 Å². The van der Waals surface area contributed by atoms with Crippen molar-refractivity contribution in [1.29, 1.82) is 0 Å². The van der Waals surface area contributed by atoms with Crippen LogP contribution in [0.2, 0.25) is 0 Å². The van der Waals surface area contributed by atoms with E-state index < -0.39 is 11.5 Å². The molecule has 1 aliphatic rings. The lowest BCUT2D eigenvalue weighted by atomic mass is 9.86. The molecule has 7 nitrogen and oxygen atoms in total. The van der Waals surface area contributed by atoms with Gasteiger partial charge in [-0.15, -0.1) is 0 Å². The number of carbonyl (C=O) groups is 1. The maximum Gasteiger partial charge on any atom is 0.279 e. The summed E-state index contributed by atoms with van der Waals surface area (Å²) in [4.78, 5) is 29.8. The molecule has 160 valence electrons. The first kappa shape index (κ1) is 20.9. The van der Waals surface area contributed by atoms with Gasteiger partial charge in [0.15, 0.2) is 5.16 Å². The predicted octanol–water partition coefficient (Wildman–Crippen LogP) is 3.40. The Bertz CT molecular complexity index is 1210. The molecule has 9 heteroatoms. The lowest BCUT2D eigenvalue weighted by Gasteiger charge is -2.28. The SMILES string of the molecule is COc1cc(O)ccc1[C@@H]1CC(=O)Nc2c1c(=O)nc(SCc1ccc(F)cc1)n2C. The number of hydrogen-bond donors (Lipinski definition) is 2. The minimum Gasteiger partial charge on any atom is -0.508 e. The number of aromatic nitrogens is 2. The van der Waals surface area contributed by atoms with Gasteiger partial charge in [0, 0.05) is 36.8 Å². The Morgan fingerprint density at radius 1 is 1.26 bits per heavy atom. The number of anilines is 1. The molecule has 0 saturated heterocycles. The van der Waals surface area contributed by atoms with Crippen LogP contribution in [-0.4, -0.2) is 27.7 Å². The van der Waals surface area contributed by atoms with Crippen LogP contribution in [0.25, 0.3) is 0 Å². The Kier molecular flexibility index (Phi) is 5.69. The molecule has 0 radical (unpaired) electrons. The molecule has 0 spiro atoms. The highest BCUT2D eigenvalue weighted by atomic mass is 32.2. The van der Waals surface area contributed by atoms with Crippen LogP contribution in [0.5, 0.6) is 11.5 Å². The highest BCUT2D eigenvalue weighted by molar-refractivity contribution is 7.98. The van der Waals surface area contributed by atoms with Gasteiger partial charge in [0.05, 0.1) is 12.7 Å². The second kappa shape index (κ2) is 8.43. The molecule has 0 aliphatic carbocycles. The summed E-state index contributed by atoms with van der Waals surface area (Å²) in [5.41, 5.74) is 1.45. The maximum absolute atomic E-state index is 13.1. The molecule has 0 fully saturated rings. The molecule has 2 N–H and O–H groups in total. The molecular weight excluding hydrogens is 421 g/mol. The standard InChI is InChI=1S/C22H20FN3O4S/c1-26-20-19(21(29)25-22(26)31-11-12-3-5-13(23)6-4-12)16(10-18(28)24-20)15-8-7-14(27)9-17(15)30-2/h3-9,16,27H,10-11H2,1-2H3,(H,24,28)/t16-/m0/s1. The Morgan fingerprint density at radius 2 is 2.00 bits per heavy atom. The topological polar surface area (TPSA) is 93.4 Å². The molecule has 1 aliphatic heterocycles. The van der Waals surface area contributed by atoms with E-state index in [1.807, 2.05) is 0 Å². The Labute approximate surface area is 181 Å². The van der Waals surface area contributed by atoms with Gasteiger partial charge in [-0.3, -0.25) is 9.59 Å². The summed E-state index contributed by atoms with van der Waals surface area (Å²) < 4.78 is 20.2. The first-order valence-corrected chi connectivity index (χ1v) is 10.5. The minimum absolute atomic E-state index is 0.0275. The van der Waals surface area contributed by atoms with E-state index in [9.17, 15) is 19.1 Å². The largest absolute Gasteiger partial charge is 0.508 e. The minimum atomic E-state index is -0.554. The van der Waals surface area contributed by atoms with E-state index >= 15 is 0 Å². The highest BCUT2D eigenvalue weighted by Crippen LogP contribution is 2.40. The van der Waals surface area contributed by atoms with Crippen molar-refractivity contribution >= 4 is 23.5 Å². The Hall–Kier alpha value is -3.33. The van der Waals surface area contributed by atoms with Crippen molar-refractivity contribution in [3.8, 4) is 11.5 Å². The van der Waals surface area contributed by atoms with Gasteiger partial charge < -0.3 is 19.7 Å². The third-order valence-electron chi connectivity index (χ3n) is 5.17. The van der Waals surface area contributed by atoms with Gasteiger partial charge >= 0.3 is 0 Å². The van der Waals surface area contributed by atoms with E-state index in [0.29, 0.717) is 33.6 Å². The van der Waals surface area contributed by atoms with Crippen LogP contribution in [0.4, 0.5) is 10.2 Å². The van der Waals surface area contributed by atoms with E-state index in [0.717, 1.165) is 5.56 Å². The number of ether oxygens (including phenoxy) is 1. The maximum atomic E-state index is 13.1. The number of hydrogen-bond acceptors (Lipinski definition) is 6. The number of nitrogens with one attached hydrogen (secondary N) is 1. The summed E-state index contributed by atoms with van der Waals surface area (Å²) in [5, 5.41) is 13.0. The number of halogens is 1. The number of nitrogens with zero attached hydrogens (tertiary/aromatic N) is 2. The molecular formula is C22H20FN3O4S. The van der Waals surface area contributed by atoms with Crippen LogP contribution >= 0.6 is 11.8 Å². The summed E-state index contributed by atoms with van der Waals surface area (Å²) >= 11 is 1.32. The van der Waals surface area contributed by atoms with Crippen molar-refractivity contribution in [2.75, 3.05) is 12.4 Å². The second-order valence-electron chi connectivity index (χ2n) is 7.17. The monoisotopic (exact) mass is 441 g/mol. The normalized spacial score (nSPS) is 15.3. The van der Waals surface area contributed by atoms with Gasteiger partial charge in [-0.1, -0.05) is 30.0 Å². The van der Waals surface area contributed by atoms with Gasteiger partial charge in [0.2, 0.25) is 5.91 Å². The zero-order valence-electron chi connectivity index (χ0n) is 16.9. The molecule has 0 bridgehead atoms. The van der Waals surface area contributed by atoms with Crippen LogP contribution in [-0.2, 0) is 17.6 Å². The van der Waals surface area contributed by atoms with Crippen LogP contribution in [0.15, 0.2) is 52.4 Å². The third-order valence-corrected chi connectivity index (χ3v) is 6.28. The average Bonchev–Trinajstić information content (AvgIpc) is 2.75. The van der Waals surface area contributed by atoms with E-state index in [2.05, 4.69) is 10.3 Å². The van der Waals surface area contributed by atoms with Gasteiger partial charge in [-0.05, 0) is 23.8 Å². The number of amides is 1. The lowest BCUT2D eigenvalue weighted by Crippen LogP contribution is -2.33. The third kappa shape index (κ3) is 4.13. The van der Waals surface area contributed by atoms with Crippen LogP contribution in [0.3, 0.4) is 0 Å². The Balaban J connectivity index is 1.74. The van der Waals surface area contributed by atoms with Crippen LogP contribution in [0.1, 0.15) is 29.0 Å². The van der Waals surface area contributed by atoms with Crippen molar-refractivity contribution in [1.82, 2.24) is 9.55 Å². The molecule has 4 rings (SSSR count). The Morgan fingerprint density at radius 3 is 2.71 bits per heavy atom. The number of aromatic hydroxyl groups is 1. The molecule has 0 unspecified atom stereocenters. The van der Waals surface area contributed by atoms with Crippen molar-refractivity contribution in [2.24, 2.45) is 7.05 Å². The molecule has 31 heavy (non-hydrogen) atoms. The van der Waals surface area contributed by atoms with Crippen molar-refractivity contribution in [2.45, 2.75) is 23.2 Å². The first-order valence-electron chi connectivity index (χ1n) is 9.52. The van der Waals surface area contributed by atoms with E-state index in [1.165, 1.54) is 43.1 Å². The number of thioether (sulfide) groups is 1. The number of benzene rings is 2. The van der Waals surface area contributed by atoms with Crippen LogP contribution in [0, 0.1) is 5.82 Å². The molecule has 1 atom stereocenters. The number of phenolic OH excluding ortho intramolecular Hbond substituents is 1. The molecule has 2 heterocycles. The lowest BCUT2D eigenvalue weighted by molar-refractivity contribution is -0.116. The van der Waals surface area contributed by atoms with E-state index in [4.69, 9.17) is 4.74 Å². The summed E-state index contributed by atoms with van der Waals surface area (Å²) in [6.45, 7) is 0. The first-order chi connectivity index (χ1) is 14.9. The zero-order valence-corrected chi connectivity index (χ0v) is 17.7. The second-order valence-corrected chi connectivity index (χ2v) is 8.11. The molecule has 1 aromatic heterocycles. The number of carbonyl (C=O) groups excluding carboxylic acids is 1. The summed E-state index contributed by atoms with van der Waals surface area (Å²) in [6.07, 6.45) is 0.0626. The van der Waals surface area contributed by atoms with Gasteiger partial charge in [0.25, 0.3) is 5.56 Å². The molecule has 3 aromatic rings. The fourth-order valence-electron chi connectivity index (χ4n) is 3.65. The number of methoxy groups -OCH3 is 1. The van der Waals surface area contributed by atoms with Crippen molar-refractivity contribution < 1.29 is 19.0 Å². The molecule has 0 saturated carbocycles. The highest BCUT2D eigenvalue weighted by Gasteiger charge is 2.33. The predicted molar refractivity (Wildman–Crippen MR) is 115 cm³/mol. The van der Waals surface area contributed by atoms with Gasteiger partial charge in [0.1, 0.15) is 23.1 Å². The quantitative estimate of drug-likeness (QED) is 0.466. The van der Waals surface area contributed by atoms with E-state index in [-0.39, 0.29) is 23.9 Å². The number of rotatable bonds is 5. The fraction of sp³-hybridized carbons (Fsp3) is 0.227. The van der Waals surface area contributed by atoms with E-state index in [1.54, 1.807) is 29.8 Å². The molecule has 1 amide bonds. The molecule has 2 aromatic carbocycles. The summed E-state index contributed by atoms with van der Waals surface area (Å²) in [6, 6.07) is 10.7. The van der Waals surface area contributed by atoms with Gasteiger partial charge in [-0.2, -0.15) is 4.98 Å². The number of fused-ring (bicyclic) bond motifs is 1. The fourth-order valence-corrected chi connectivity index (χ4v) is 4.57.